The Labute approximate surface area is 268 Å². The van der Waals surface area contributed by atoms with E-state index in [1.807, 2.05) is 0 Å². The van der Waals surface area contributed by atoms with Gasteiger partial charge in [0.05, 0.1) is 11.4 Å². The van der Waals surface area contributed by atoms with Gasteiger partial charge in [-0.15, -0.1) is 15.7 Å². The van der Waals surface area contributed by atoms with Crippen LogP contribution in [0.15, 0.2) is 20.0 Å². The third-order valence-corrected chi connectivity index (χ3v) is 8.38. The molecule has 0 aliphatic heterocycles. The number of amides is 4. The third-order valence-electron chi connectivity index (χ3n) is 4.77. The van der Waals surface area contributed by atoms with E-state index in [0.717, 1.165) is 11.3 Å². The zero-order valence-corrected chi connectivity index (χ0v) is 29.5. The topological polar surface area (TPSA) is 179 Å². The second-order valence-electron chi connectivity index (χ2n) is 13.3. The van der Waals surface area contributed by atoms with E-state index in [1.54, 1.807) is 76.2 Å². The smallest absolute Gasteiger partial charge is 0.408 e. The number of hydrogen-bond donors (Lipinski definition) is 3. The number of nitrogens with one attached hydrogen (secondary N) is 3. The van der Waals surface area contributed by atoms with Gasteiger partial charge in [0, 0.05) is 5.38 Å². The van der Waals surface area contributed by atoms with Crippen molar-refractivity contribution in [2.24, 2.45) is 10.3 Å². The van der Waals surface area contributed by atoms with Crippen molar-refractivity contribution in [1.82, 2.24) is 15.4 Å². The summed E-state index contributed by atoms with van der Waals surface area (Å²) in [5.41, 5.74) is -2.70. The summed E-state index contributed by atoms with van der Waals surface area (Å²) >= 11 is 6.92. The minimum atomic E-state index is -4.11. The van der Waals surface area contributed by atoms with Crippen LogP contribution in [-0.2, 0) is 38.5 Å². The molecule has 44 heavy (non-hydrogen) atoms. The van der Waals surface area contributed by atoms with Gasteiger partial charge in [0.1, 0.15) is 33.1 Å². The number of ether oxygens (including phenoxy) is 3. The van der Waals surface area contributed by atoms with Gasteiger partial charge >= 0.3 is 18.2 Å². The summed E-state index contributed by atoms with van der Waals surface area (Å²) in [6, 6.07) is -1.63. The molecule has 1 aromatic rings. The molecule has 0 aliphatic rings. The Balaban J connectivity index is 3.54. The van der Waals surface area contributed by atoms with Crippen molar-refractivity contribution in [1.29, 1.82) is 0 Å². The van der Waals surface area contributed by atoms with Crippen molar-refractivity contribution in [2.75, 3.05) is 0 Å². The Bertz CT molecular complexity index is 1300. The maximum atomic E-state index is 14.3. The molecule has 0 aliphatic carbocycles. The number of rotatable bonds is 10. The second kappa shape index (κ2) is 15.4. The fourth-order valence-electron chi connectivity index (χ4n) is 3.31. The number of hydrogen-bond acceptors (Lipinski definition) is 10. The molecule has 250 valence electrons. The molecule has 1 unspecified atom stereocenters. The Kier molecular flexibility index (Phi) is 13.7. The van der Waals surface area contributed by atoms with E-state index in [1.165, 1.54) is 11.4 Å². The Morgan fingerprint density at radius 2 is 1.34 bits per heavy atom. The summed E-state index contributed by atoms with van der Waals surface area (Å²) in [7, 11) is -4.11. The summed E-state index contributed by atoms with van der Waals surface area (Å²) in [6.45, 7) is 18.2. The van der Waals surface area contributed by atoms with E-state index < -0.39 is 75.2 Å². The van der Waals surface area contributed by atoms with E-state index >= 15 is 0 Å². The lowest BCUT2D eigenvalue weighted by atomic mass is 10.0. The van der Waals surface area contributed by atoms with Crippen molar-refractivity contribution in [2.45, 2.75) is 122 Å². The summed E-state index contributed by atoms with van der Waals surface area (Å²) < 4.78 is 36.1. The van der Waals surface area contributed by atoms with Crippen LogP contribution in [0, 0.1) is 5.92 Å². The van der Waals surface area contributed by atoms with Crippen molar-refractivity contribution >= 4 is 62.8 Å². The van der Waals surface area contributed by atoms with Gasteiger partial charge in [-0.25, -0.2) is 13.8 Å². The van der Waals surface area contributed by atoms with Crippen LogP contribution in [0.4, 0.5) is 9.59 Å². The van der Waals surface area contributed by atoms with Crippen LogP contribution in [0.2, 0.25) is 5.02 Å². The Morgan fingerprint density at radius 1 is 0.864 bits per heavy atom. The molecule has 0 saturated heterocycles. The lowest BCUT2D eigenvalue weighted by Gasteiger charge is -2.25. The molecule has 0 aromatic carbocycles. The summed E-state index contributed by atoms with van der Waals surface area (Å²) in [5.74, 6) is -3.07. The number of carbonyl (C=O) groups is 5. The van der Waals surface area contributed by atoms with Gasteiger partial charge in [0.2, 0.25) is 0 Å². The molecule has 3 atom stereocenters. The molecule has 4 amide bonds. The number of halogens is 1. The van der Waals surface area contributed by atoms with Crippen molar-refractivity contribution in [3.8, 4) is 0 Å². The first-order chi connectivity index (χ1) is 19.8. The van der Waals surface area contributed by atoms with Gasteiger partial charge in [0.25, 0.3) is 11.8 Å². The summed E-state index contributed by atoms with van der Waals surface area (Å²) in [5, 5.41) is 6.34. The molecule has 16 heteroatoms. The maximum Gasteiger partial charge on any atom is 0.408 e. The summed E-state index contributed by atoms with van der Waals surface area (Å²) in [6.07, 6.45) is -2.47. The van der Waals surface area contributed by atoms with Gasteiger partial charge in [-0.3, -0.25) is 19.1 Å². The number of carbonyl (C=O) groups excluding carboxylic acids is 5. The number of alkyl carbamates (subject to hydrolysis) is 2. The minimum absolute atomic E-state index is 0.0851. The average molecular weight is 681 g/mol. The predicted octanol–water partition coefficient (Wildman–Crippen LogP) is 5.35. The number of esters is 1. The van der Waals surface area contributed by atoms with Gasteiger partial charge in [-0.2, -0.15) is 0 Å². The molecule has 0 spiro atoms. The van der Waals surface area contributed by atoms with Crippen molar-refractivity contribution < 1.29 is 42.4 Å². The highest BCUT2D eigenvalue weighted by atomic mass is 35.5. The monoisotopic (exact) mass is 680 g/mol. The standard InChI is InChI=1S/C28H45ClN4O9S2/c1-16(2)12-18(30-24(37)41-27(6,7)8)22(35)32-44(39,21-13-17(29)15-43-21)33-23(36)19(14-20(34)40-26(3,4)5)31-25(38)42-28(9,10)11/h13,15-16,18-19H,12,14H2,1-11H3,(H,30,37)(H,31,38)(H,32,33,35,36,39)/t18-,19+,44?/m0/s1. The Hall–Kier alpha value is -2.91. The molecular formula is C28H45ClN4O9S2. The van der Waals surface area contributed by atoms with E-state index in [0.29, 0.717) is 0 Å². The van der Waals surface area contributed by atoms with E-state index in [4.69, 9.17) is 25.8 Å². The quantitative estimate of drug-likeness (QED) is 0.217. The highest BCUT2D eigenvalue weighted by Crippen LogP contribution is 2.26. The molecule has 0 radical (unpaired) electrons. The molecule has 0 fully saturated rings. The van der Waals surface area contributed by atoms with Crippen molar-refractivity contribution in [3.63, 3.8) is 0 Å². The summed E-state index contributed by atoms with van der Waals surface area (Å²) in [4.78, 5) is 64.7. The molecule has 1 heterocycles. The number of thiophene rings is 1. The largest absolute Gasteiger partial charge is 0.460 e. The van der Waals surface area contributed by atoms with E-state index in [-0.39, 0.29) is 21.6 Å². The lowest BCUT2D eigenvalue weighted by molar-refractivity contribution is -0.156. The maximum absolute atomic E-state index is 14.3. The fourth-order valence-corrected chi connectivity index (χ4v) is 6.39. The van der Waals surface area contributed by atoms with Crippen LogP contribution in [-0.4, -0.2) is 63.1 Å². The van der Waals surface area contributed by atoms with Crippen LogP contribution in [0.1, 0.15) is 89.0 Å². The van der Waals surface area contributed by atoms with Crippen LogP contribution in [0.3, 0.4) is 0 Å². The highest BCUT2D eigenvalue weighted by molar-refractivity contribution is 7.94. The zero-order chi connectivity index (χ0) is 34.3. The first-order valence-electron chi connectivity index (χ1n) is 13.9. The first-order valence-corrected chi connectivity index (χ1v) is 16.6. The molecule has 1 rings (SSSR count). The van der Waals surface area contributed by atoms with E-state index in [2.05, 4.69) is 19.7 Å². The van der Waals surface area contributed by atoms with Crippen LogP contribution >= 0.6 is 22.9 Å². The fraction of sp³-hybridized carbons (Fsp3) is 0.679. The minimum Gasteiger partial charge on any atom is -0.460 e. The molecule has 3 N–H and O–H groups in total. The zero-order valence-electron chi connectivity index (χ0n) is 27.1. The first kappa shape index (κ1) is 39.1. The highest BCUT2D eigenvalue weighted by Gasteiger charge is 2.33. The normalized spacial score (nSPS) is 14.8. The van der Waals surface area contributed by atoms with Crippen molar-refractivity contribution in [3.05, 3.63) is 16.5 Å². The van der Waals surface area contributed by atoms with Gasteiger partial charge < -0.3 is 24.8 Å². The number of nitrogens with zero attached hydrogens (tertiary/aromatic N) is 1. The molecule has 0 saturated carbocycles. The van der Waals surface area contributed by atoms with Crippen LogP contribution < -0.4 is 15.4 Å². The SMILES string of the molecule is CC(C)C[C@H](NC(=O)OC(C)(C)C)C(=O)N=S(=O)(NC(=O)[C@@H](CC(=O)OC(C)(C)C)NC(=O)OC(C)(C)C)c1cc(Cl)cs1. The lowest BCUT2D eigenvalue weighted by Crippen LogP contribution is -2.51. The molecular weight excluding hydrogens is 636 g/mol. The third kappa shape index (κ3) is 15.2. The van der Waals surface area contributed by atoms with Gasteiger partial charge in [-0.1, -0.05) is 25.4 Å². The Morgan fingerprint density at radius 3 is 1.75 bits per heavy atom. The molecule has 0 bridgehead atoms. The van der Waals surface area contributed by atoms with E-state index in [9.17, 15) is 28.2 Å². The van der Waals surface area contributed by atoms with Gasteiger partial charge in [-0.05, 0) is 80.7 Å². The average Bonchev–Trinajstić information content (AvgIpc) is 3.21. The predicted molar refractivity (Wildman–Crippen MR) is 168 cm³/mol. The van der Waals surface area contributed by atoms with Crippen LogP contribution in [0.25, 0.3) is 0 Å². The second-order valence-corrected chi connectivity index (χ2v) is 16.8. The molecule has 13 nitrogen and oxygen atoms in total. The van der Waals surface area contributed by atoms with Crippen LogP contribution in [0.5, 0.6) is 0 Å². The molecule has 1 aromatic heterocycles. The van der Waals surface area contributed by atoms with Gasteiger partial charge in [0.15, 0.2) is 9.92 Å².